The molecule has 0 heterocycles. The lowest BCUT2D eigenvalue weighted by atomic mass is 10.0. The van der Waals surface area contributed by atoms with Gasteiger partial charge < -0.3 is 5.73 Å². The van der Waals surface area contributed by atoms with Crippen LogP contribution < -0.4 is 5.73 Å². The van der Waals surface area contributed by atoms with E-state index < -0.39 is 17.4 Å². The zero-order chi connectivity index (χ0) is 12.4. The van der Waals surface area contributed by atoms with Crippen LogP contribution in [0.15, 0.2) is 42.5 Å². The number of hydrogen-bond donors (Lipinski definition) is 1. The summed E-state index contributed by atoms with van der Waals surface area (Å²) in [6.45, 7) is 0. The number of nitrogens with two attached hydrogens (primary N) is 1. The number of nitrogen functional groups attached to an aromatic ring is 1. The Labute approximate surface area is 96.7 Å². The summed E-state index contributed by atoms with van der Waals surface area (Å²) in [5.74, 6) is -2.17. The molecule has 0 spiro atoms. The minimum Gasteiger partial charge on any atom is -0.398 e. The van der Waals surface area contributed by atoms with Crippen LogP contribution in [0.1, 0.15) is 15.9 Å². The van der Waals surface area contributed by atoms with Gasteiger partial charge >= 0.3 is 0 Å². The van der Waals surface area contributed by atoms with Crippen LogP contribution in [0.5, 0.6) is 0 Å². The number of benzene rings is 2. The standard InChI is InChI=1S/C13H9F2NO/c14-8-5-6-9(11(15)7-8)13(17)10-3-1-2-4-12(10)16/h1-7H,16H2. The maximum Gasteiger partial charge on any atom is 0.198 e. The molecule has 2 aromatic carbocycles. The summed E-state index contributed by atoms with van der Waals surface area (Å²) < 4.78 is 26.1. The molecule has 0 fully saturated rings. The maximum atomic E-state index is 13.4. The SMILES string of the molecule is Nc1ccccc1C(=O)c1ccc(F)cc1F. The van der Waals surface area contributed by atoms with Gasteiger partial charge in [0.1, 0.15) is 11.6 Å². The Hall–Kier alpha value is -2.23. The van der Waals surface area contributed by atoms with Crippen molar-refractivity contribution < 1.29 is 13.6 Å². The van der Waals surface area contributed by atoms with Gasteiger partial charge in [-0.3, -0.25) is 4.79 Å². The Kier molecular flexibility index (Phi) is 2.87. The van der Waals surface area contributed by atoms with Gasteiger partial charge in [-0.05, 0) is 24.3 Å². The molecule has 0 bridgehead atoms. The van der Waals surface area contributed by atoms with Crippen LogP contribution in [0.25, 0.3) is 0 Å². The van der Waals surface area contributed by atoms with Gasteiger partial charge in [-0.1, -0.05) is 12.1 Å². The second-order valence-corrected chi connectivity index (χ2v) is 3.54. The summed E-state index contributed by atoms with van der Waals surface area (Å²) in [4.78, 5) is 12.0. The van der Waals surface area contributed by atoms with E-state index in [9.17, 15) is 13.6 Å². The Morgan fingerprint density at radius 2 is 1.71 bits per heavy atom. The summed E-state index contributed by atoms with van der Waals surface area (Å²) in [6.07, 6.45) is 0. The number of hydrogen-bond acceptors (Lipinski definition) is 2. The lowest BCUT2D eigenvalue weighted by Crippen LogP contribution is -2.07. The predicted octanol–water partition coefficient (Wildman–Crippen LogP) is 2.78. The van der Waals surface area contributed by atoms with E-state index in [1.807, 2.05) is 0 Å². The van der Waals surface area contributed by atoms with Gasteiger partial charge in [0, 0.05) is 17.3 Å². The van der Waals surface area contributed by atoms with Gasteiger partial charge in [-0.15, -0.1) is 0 Å². The monoisotopic (exact) mass is 233 g/mol. The lowest BCUT2D eigenvalue weighted by Gasteiger charge is -2.05. The highest BCUT2D eigenvalue weighted by atomic mass is 19.1. The molecular weight excluding hydrogens is 224 g/mol. The average Bonchev–Trinajstić information content (AvgIpc) is 2.29. The van der Waals surface area contributed by atoms with E-state index in [1.54, 1.807) is 18.2 Å². The smallest absolute Gasteiger partial charge is 0.198 e. The molecule has 2 rings (SSSR count). The van der Waals surface area contributed by atoms with E-state index in [-0.39, 0.29) is 16.8 Å². The minimum atomic E-state index is -0.891. The number of para-hydroxylation sites is 1. The molecular formula is C13H9F2NO. The first-order chi connectivity index (χ1) is 8.09. The number of halogens is 2. The molecule has 86 valence electrons. The lowest BCUT2D eigenvalue weighted by molar-refractivity contribution is 0.103. The van der Waals surface area contributed by atoms with E-state index >= 15 is 0 Å². The van der Waals surface area contributed by atoms with E-state index in [4.69, 9.17) is 5.73 Å². The number of carbonyl (C=O) groups is 1. The molecule has 0 radical (unpaired) electrons. The van der Waals surface area contributed by atoms with Crippen LogP contribution in [-0.4, -0.2) is 5.78 Å². The first-order valence-corrected chi connectivity index (χ1v) is 4.94. The summed E-state index contributed by atoms with van der Waals surface area (Å²) in [7, 11) is 0. The van der Waals surface area contributed by atoms with Gasteiger partial charge in [0.2, 0.25) is 0 Å². The van der Waals surface area contributed by atoms with Crippen molar-refractivity contribution in [1.82, 2.24) is 0 Å². The van der Waals surface area contributed by atoms with Crippen LogP contribution in [0.2, 0.25) is 0 Å². The van der Waals surface area contributed by atoms with Crippen LogP contribution in [0.3, 0.4) is 0 Å². The van der Waals surface area contributed by atoms with E-state index in [0.29, 0.717) is 6.07 Å². The highest BCUT2D eigenvalue weighted by Crippen LogP contribution is 2.18. The molecule has 0 atom stereocenters. The van der Waals surface area contributed by atoms with Gasteiger partial charge in [0.05, 0.1) is 5.56 Å². The largest absolute Gasteiger partial charge is 0.398 e. The van der Waals surface area contributed by atoms with Crippen molar-refractivity contribution in [2.24, 2.45) is 0 Å². The van der Waals surface area contributed by atoms with Crippen LogP contribution >= 0.6 is 0 Å². The van der Waals surface area contributed by atoms with Gasteiger partial charge in [-0.2, -0.15) is 0 Å². The Morgan fingerprint density at radius 3 is 2.35 bits per heavy atom. The molecule has 0 aliphatic rings. The number of rotatable bonds is 2. The van der Waals surface area contributed by atoms with E-state index in [0.717, 1.165) is 12.1 Å². The van der Waals surface area contributed by atoms with Crippen LogP contribution in [0.4, 0.5) is 14.5 Å². The van der Waals surface area contributed by atoms with Crippen LogP contribution in [-0.2, 0) is 0 Å². The Morgan fingerprint density at radius 1 is 1.00 bits per heavy atom. The third kappa shape index (κ3) is 2.15. The third-order valence-electron chi connectivity index (χ3n) is 2.38. The zero-order valence-electron chi connectivity index (χ0n) is 8.78. The molecule has 0 saturated heterocycles. The van der Waals surface area contributed by atoms with Gasteiger partial charge in [0.15, 0.2) is 5.78 Å². The fourth-order valence-corrected chi connectivity index (χ4v) is 1.52. The average molecular weight is 233 g/mol. The fourth-order valence-electron chi connectivity index (χ4n) is 1.52. The van der Waals surface area contributed by atoms with Crippen LogP contribution in [0, 0.1) is 11.6 Å². The molecule has 0 aromatic heterocycles. The fraction of sp³-hybridized carbons (Fsp3) is 0. The van der Waals surface area contributed by atoms with Gasteiger partial charge in [0.25, 0.3) is 0 Å². The molecule has 4 heteroatoms. The molecule has 2 N–H and O–H groups in total. The molecule has 2 nitrogen and oxygen atoms in total. The predicted molar refractivity (Wildman–Crippen MR) is 60.6 cm³/mol. The van der Waals surface area contributed by atoms with Crippen molar-refractivity contribution in [3.05, 3.63) is 65.2 Å². The highest BCUT2D eigenvalue weighted by Gasteiger charge is 2.16. The Balaban J connectivity index is 2.48. The summed E-state index contributed by atoms with van der Waals surface area (Å²) in [6, 6.07) is 9.18. The van der Waals surface area contributed by atoms with E-state index in [2.05, 4.69) is 0 Å². The third-order valence-corrected chi connectivity index (χ3v) is 2.38. The summed E-state index contributed by atoms with van der Waals surface area (Å²) in [5, 5.41) is 0. The van der Waals surface area contributed by atoms with Crippen molar-refractivity contribution >= 4 is 11.5 Å². The van der Waals surface area contributed by atoms with Crippen molar-refractivity contribution in [2.75, 3.05) is 5.73 Å². The van der Waals surface area contributed by atoms with Gasteiger partial charge in [-0.25, -0.2) is 8.78 Å². The van der Waals surface area contributed by atoms with Crippen molar-refractivity contribution in [3.8, 4) is 0 Å². The molecule has 0 unspecified atom stereocenters. The second kappa shape index (κ2) is 4.33. The van der Waals surface area contributed by atoms with E-state index in [1.165, 1.54) is 6.07 Å². The Bertz CT molecular complexity index is 581. The summed E-state index contributed by atoms with van der Waals surface area (Å²) in [5.41, 5.74) is 5.90. The summed E-state index contributed by atoms with van der Waals surface area (Å²) >= 11 is 0. The van der Waals surface area contributed by atoms with Crippen molar-refractivity contribution in [2.45, 2.75) is 0 Å². The molecule has 0 aliphatic carbocycles. The zero-order valence-corrected chi connectivity index (χ0v) is 8.78. The maximum absolute atomic E-state index is 13.4. The normalized spacial score (nSPS) is 10.2. The first-order valence-electron chi connectivity index (χ1n) is 4.94. The molecule has 2 aromatic rings. The number of carbonyl (C=O) groups excluding carboxylic acids is 1. The topological polar surface area (TPSA) is 43.1 Å². The highest BCUT2D eigenvalue weighted by molar-refractivity contribution is 6.12. The molecule has 0 aliphatic heterocycles. The second-order valence-electron chi connectivity index (χ2n) is 3.54. The molecule has 17 heavy (non-hydrogen) atoms. The minimum absolute atomic E-state index is 0.190. The van der Waals surface area contributed by atoms with Crippen molar-refractivity contribution in [3.63, 3.8) is 0 Å². The van der Waals surface area contributed by atoms with Crippen molar-refractivity contribution in [1.29, 1.82) is 0 Å². The first kappa shape index (κ1) is 11.3. The number of anilines is 1. The number of ketones is 1. The quantitative estimate of drug-likeness (QED) is 0.640. The molecule has 0 saturated carbocycles. The molecule has 0 amide bonds.